The first kappa shape index (κ1) is 16.5. The average molecular weight is 307 g/mol. The van der Waals surface area contributed by atoms with Gasteiger partial charge in [0.25, 0.3) is 5.91 Å². The van der Waals surface area contributed by atoms with E-state index in [0.29, 0.717) is 13.0 Å². The second kappa shape index (κ2) is 9.33. The zero-order valence-electron chi connectivity index (χ0n) is 10.8. The highest BCUT2D eigenvalue weighted by Gasteiger charge is 2.25. The predicted molar refractivity (Wildman–Crippen MR) is 78.8 cm³/mol. The Morgan fingerprint density at radius 3 is 2.74 bits per heavy atom. The summed E-state index contributed by atoms with van der Waals surface area (Å²) in [6, 6.07) is 0.146. The highest BCUT2D eigenvalue weighted by molar-refractivity contribution is 8.76. The Bertz CT molecular complexity index is 299. The van der Waals surface area contributed by atoms with Crippen LogP contribution in [0.4, 0.5) is 4.79 Å². The second-order valence-corrected chi connectivity index (χ2v) is 6.94. The Balaban J connectivity index is 2.41. The number of unbranched alkanes of at least 4 members (excludes halogenated alkanes) is 1. The van der Waals surface area contributed by atoms with Gasteiger partial charge in [0, 0.05) is 17.5 Å². The predicted octanol–water partition coefficient (Wildman–Crippen LogP) is 0.849. The van der Waals surface area contributed by atoms with Crippen LogP contribution in [0.2, 0.25) is 0 Å². The van der Waals surface area contributed by atoms with Gasteiger partial charge in [0.2, 0.25) is 0 Å². The molecule has 0 spiro atoms. The Labute approximate surface area is 121 Å². The number of nitrogens with two attached hydrogens (primary N) is 2. The maximum atomic E-state index is 12.0. The number of carbonyl (C=O) groups is 2. The number of nitrogens with one attached hydrogen (secondary N) is 1. The van der Waals surface area contributed by atoms with Crippen LogP contribution >= 0.6 is 21.6 Å². The molecule has 0 aromatic rings. The molecule has 2 atom stereocenters. The van der Waals surface area contributed by atoms with Gasteiger partial charge in [-0.25, -0.2) is 4.79 Å². The molecule has 2 amide bonds. The number of carbonyl (C=O) groups excluding carboxylic acids is 2. The zero-order valence-corrected chi connectivity index (χ0v) is 12.4. The quantitative estimate of drug-likeness (QED) is 0.475. The van der Waals surface area contributed by atoms with E-state index in [-0.39, 0.29) is 11.9 Å². The molecule has 1 saturated heterocycles. The van der Waals surface area contributed by atoms with E-state index in [0.717, 1.165) is 30.8 Å². The maximum Gasteiger partial charge on any atom is 0.405 e. The van der Waals surface area contributed by atoms with Crippen LogP contribution in [0, 0.1) is 0 Å². The molecule has 0 radical (unpaired) electrons. The number of rotatable bonds is 7. The summed E-state index contributed by atoms with van der Waals surface area (Å²) in [5.74, 6) is 1.64. The summed E-state index contributed by atoms with van der Waals surface area (Å²) in [4.78, 5) is 22.9. The molecular formula is C11H21N3O3S2. The third-order valence-electron chi connectivity index (χ3n) is 2.72. The van der Waals surface area contributed by atoms with Gasteiger partial charge in [-0.2, -0.15) is 0 Å². The molecule has 6 nitrogen and oxygen atoms in total. The van der Waals surface area contributed by atoms with Gasteiger partial charge in [-0.1, -0.05) is 21.6 Å². The van der Waals surface area contributed by atoms with Crippen molar-refractivity contribution >= 4 is 33.6 Å². The molecule has 0 bridgehead atoms. The molecule has 1 rings (SSSR count). The topological polar surface area (TPSA) is 107 Å². The van der Waals surface area contributed by atoms with Crippen LogP contribution < -0.4 is 16.8 Å². The largest absolute Gasteiger partial charge is 0.436 e. The molecule has 19 heavy (non-hydrogen) atoms. The van der Waals surface area contributed by atoms with Gasteiger partial charge >= 0.3 is 6.09 Å². The lowest BCUT2D eigenvalue weighted by Gasteiger charge is -2.24. The molecule has 0 aromatic heterocycles. The van der Waals surface area contributed by atoms with E-state index in [1.54, 1.807) is 10.8 Å². The van der Waals surface area contributed by atoms with Crippen LogP contribution in [0.5, 0.6) is 0 Å². The fraction of sp³-hybridized carbons (Fsp3) is 0.818. The molecule has 0 aromatic carbocycles. The normalized spacial score (nSPS) is 20.6. The van der Waals surface area contributed by atoms with Crippen molar-refractivity contribution in [2.24, 2.45) is 11.5 Å². The number of hydrogen-bond acceptors (Lipinski definition) is 6. The molecular weight excluding hydrogens is 286 g/mol. The first-order valence-corrected chi connectivity index (χ1v) is 8.83. The van der Waals surface area contributed by atoms with Crippen LogP contribution in [0.15, 0.2) is 0 Å². The monoisotopic (exact) mass is 307 g/mol. The molecule has 5 N–H and O–H groups in total. The summed E-state index contributed by atoms with van der Waals surface area (Å²) in [6.07, 6.45) is 1.21. The minimum Gasteiger partial charge on any atom is -0.436 e. The van der Waals surface area contributed by atoms with Crippen LogP contribution in [0.1, 0.15) is 25.7 Å². The van der Waals surface area contributed by atoms with Crippen molar-refractivity contribution in [1.82, 2.24) is 5.32 Å². The van der Waals surface area contributed by atoms with Crippen molar-refractivity contribution in [1.29, 1.82) is 0 Å². The lowest BCUT2D eigenvalue weighted by atomic mass is 10.1. The summed E-state index contributed by atoms with van der Waals surface area (Å²) in [6.45, 7) is 0.557. The third kappa shape index (κ3) is 6.93. The zero-order chi connectivity index (χ0) is 14.1. The minimum absolute atomic E-state index is 0.146. The fourth-order valence-corrected chi connectivity index (χ4v) is 4.16. The van der Waals surface area contributed by atoms with E-state index < -0.39 is 12.2 Å². The smallest absolute Gasteiger partial charge is 0.405 e. The first-order chi connectivity index (χ1) is 9.13. The van der Waals surface area contributed by atoms with E-state index in [1.807, 2.05) is 10.8 Å². The summed E-state index contributed by atoms with van der Waals surface area (Å²) in [7, 11) is 3.55. The SMILES string of the molecule is NCCCCC(OC(N)=O)C(=O)NC1CCSSC1. The molecule has 1 fully saturated rings. The van der Waals surface area contributed by atoms with Crippen LogP contribution in [0.3, 0.4) is 0 Å². The maximum absolute atomic E-state index is 12.0. The van der Waals surface area contributed by atoms with Gasteiger partial charge in [0.1, 0.15) is 0 Å². The number of hydrogen-bond donors (Lipinski definition) is 3. The van der Waals surface area contributed by atoms with Crippen LogP contribution in [-0.2, 0) is 9.53 Å². The fourth-order valence-electron chi connectivity index (χ4n) is 1.73. The van der Waals surface area contributed by atoms with Gasteiger partial charge in [0.05, 0.1) is 0 Å². The van der Waals surface area contributed by atoms with Gasteiger partial charge in [-0.3, -0.25) is 4.79 Å². The van der Waals surface area contributed by atoms with Crippen molar-refractivity contribution in [2.75, 3.05) is 18.1 Å². The molecule has 2 unspecified atom stereocenters. The van der Waals surface area contributed by atoms with Crippen molar-refractivity contribution in [3.63, 3.8) is 0 Å². The Morgan fingerprint density at radius 1 is 1.37 bits per heavy atom. The number of ether oxygens (including phenoxy) is 1. The van der Waals surface area contributed by atoms with Gasteiger partial charge in [-0.15, -0.1) is 0 Å². The number of amides is 2. The Hall–Kier alpha value is -0.600. The number of primary amides is 1. The molecule has 0 aliphatic carbocycles. The minimum atomic E-state index is -0.915. The lowest BCUT2D eigenvalue weighted by molar-refractivity contribution is -0.130. The third-order valence-corrected chi connectivity index (χ3v) is 5.24. The first-order valence-electron chi connectivity index (χ1n) is 6.34. The molecule has 1 heterocycles. The van der Waals surface area contributed by atoms with E-state index in [9.17, 15) is 9.59 Å². The molecule has 8 heteroatoms. The van der Waals surface area contributed by atoms with Crippen molar-refractivity contribution in [2.45, 2.75) is 37.8 Å². The molecule has 1 aliphatic rings. The Kier molecular flexibility index (Phi) is 8.08. The van der Waals surface area contributed by atoms with E-state index in [2.05, 4.69) is 5.32 Å². The lowest BCUT2D eigenvalue weighted by Crippen LogP contribution is -2.45. The van der Waals surface area contributed by atoms with E-state index in [4.69, 9.17) is 16.2 Å². The van der Waals surface area contributed by atoms with E-state index in [1.165, 1.54) is 0 Å². The summed E-state index contributed by atoms with van der Waals surface area (Å²) in [5, 5.41) is 2.91. The van der Waals surface area contributed by atoms with Gasteiger partial charge in [-0.05, 0) is 32.2 Å². The summed E-state index contributed by atoms with van der Waals surface area (Å²) in [5.41, 5.74) is 10.4. The highest BCUT2D eigenvalue weighted by Crippen LogP contribution is 2.29. The Morgan fingerprint density at radius 2 is 2.16 bits per heavy atom. The van der Waals surface area contributed by atoms with Crippen molar-refractivity contribution < 1.29 is 14.3 Å². The molecule has 1 aliphatic heterocycles. The molecule has 110 valence electrons. The van der Waals surface area contributed by atoms with E-state index >= 15 is 0 Å². The standard InChI is InChI=1S/C11H21N3O3S2/c12-5-2-1-3-9(17-11(13)16)10(15)14-8-4-6-18-19-7-8/h8-9H,1-7,12H2,(H2,13,16)(H,14,15). The van der Waals surface area contributed by atoms with Crippen molar-refractivity contribution in [3.8, 4) is 0 Å². The van der Waals surface area contributed by atoms with Crippen LogP contribution in [0.25, 0.3) is 0 Å². The highest BCUT2D eigenvalue weighted by atomic mass is 33.1. The van der Waals surface area contributed by atoms with Crippen molar-refractivity contribution in [3.05, 3.63) is 0 Å². The summed E-state index contributed by atoms with van der Waals surface area (Å²) >= 11 is 0. The second-order valence-electron chi connectivity index (χ2n) is 4.31. The summed E-state index contributed by atoms with van der Waals surface area (Å²) < 4.78 is 4.87. The van der Waals surface area contributed by atoms with Gasteiger partial charge in [0.15, 0.2) is 6.10 Å². The van der Waals surface area contributed by atoms with Crippen LogP contribution in [-0.4, -0.2) is 42.2 Å². The molecule has 0 saturated carbocycles. The average Bonchev–Trinajstić information content (AvgIpc) is 2.38. The van der Waals surface area contributed by atoms with Gasteiger partial charge < -0.3 is 21.5 Å².